The number of aryl methyl sites for hydroxylation is 1. The van der Waals surface area contributed by atoms with Gasteiger partial charge in [0, 0.05) is 13.2 Å². The van der Waals surface area contributed by atoms with E-state index in [2.05, 4.69) is 0 Å². The minimum atomic E-state index is -4.25. The van der Waals surface area contributed by atoms with Gasteiger partial charge in [-0.1, -0.05) is 43.9 Å². The summed E-state index contributed by atoms with van der Waals surface area (Å²) in [4.78, 5) is 0. The zero-order valence-corrected chi connectivity index (χ0v) is 15.6. The Bertz CT molecular complexity index is 446. The normalized spacial score (nSPS) is 12.1. The number of rotatable bonds is 12. The van der Waals surface area contributed by atoms with Gasteiger partial charge in [-0.2, -0.15) is 13.2 Å². The smallest absolute Gasteiger partial charge is 0.394 e. The standard InChI is InChI=1S/C18H28F3O2Si/c1-3-22-24(23-4-2)14-9-7-5-6-8-11-16-12-10-13-17(15-16)18(19,20)21/h10,12-13,15H,3-9,11,14H2,1-2H3. The third-order valence-electron chi connectivity index (χ3n) is 3.71. The van der Waals surface area contributed by atoms with Crippen molar-refractivity contribution in [3.8, 4) is 0 Å². The van der Waals surface area contributed by atoms with Crippen LogP contribution in [-0.2, 0) is 21.4 Å². The number of alkyl halides is 3. The summed E-state index contributed by atoms with van der Waals surface area (Å²) in [5, 5.41) is 0. The molecule has 0 spiro atoms. The largest absolute Gasteiger partial charge is 0.416 e. The van der Waals surface area contributed by atoms with Crippen LogP contribution in [0.1, 0.15) is 57.1 Å². The maximum absolute atomic E-state index is 12.7. The van der Waals surface area contributed by atoms with Crippen molar-refractivity contribution < 1.29 is 22.0 Å². The molecule has 137 valence electrons. The van der Waals surface area contributed by atoms with Gasteiger partial charge in [-0.3, -0.25) is 0 Å². The summed E-state index contributed by atoms with van der Waals surface area (Å²) < 4.78 is 49.1. The first-order valence-corrected chi connectivity index (χ1v) is 10.3. The van der Waals surface area contributed by atoms with Crippen molar-refractivity contribution >= 4 is 9.28 Å². The molecule has 1 radical (unpaired) electrons. The van der Waals surface area contributed by atoms with E-state index >= 15 is 0 Å². The molecule has 0 atom stereocenters. The van der Waals surface area contributed by atoms with Crippen molar-refractivity contribution in [1.29, 1.82) is 0 Å². The molecule has 0 aromatic heterocycles. The van der Waals surface area contributed by atoms with E-state index in [0.29, 0.717) is 19.6 Å². The molecule has 1 aromatic rings. The minimum absolute atomic E-state index is 0.554. The first-order chi connectivity index (χ1) is 11.5. The highest BCUT2D eigenvalue weighted by Crippen LogP contribution is 2.29. The lowest BCUT2D eigenvalue weighted by Crippen LogP contribution is -2.22. The Balaban J connectivity index is 2.16. The van der Waals surface area contributed by atoms with Gasteiger partial charge >= 0.3 is 15.5 Å². The number of hydrogen-bond acceptors (Lipinski definition) is 2. The van der Waals surface area contributed by atoms with Gasteiger partial charge in [-0.05, 0) is 44.4 Å². The Labute approximate surface area is 145 Å². The summed E-state index contributed by atoms with van der Waals surface area (Å²) in [6.45, 7) is 5.37. The fraction of sp³-hybridized carbons (Fsp3) is 0.667. The van der Waals surface area contributed by atoms with Crippen LogP contribution in [0.2, 0.25) is 6.04 Å². The molecule has 24 heavy (non-hydrogen) atoms. The van der Waals surface area contributed by atoms with Crippen LogP contribution in [0.5, 0.6) is 0 Å². The van der Waals surface area contributed by atoms with E-state index in [0.717, 1.165) is 49.8 Å². The van der Waals surface area contributed by atoms with Gasteiger partial charge in [0.1, 0.15) is 0 Å². The molecule has 1 aromatic carbocycles. The zero-order chi connectivity index (χ0) is 17.8. The third-order valence-corrected chi connectivity index (χ3v) is 5.69. The minimum Gasteiger partial charge on any atom is -0.394 e. The van der Waals surface area contributed by atoms with E-state index < -0.39 is 21.0 Å². The maximum atomic E-state index is 12.7. The summed E-state index contributed by atoms with van der Waals surface area (Å²) in [7, 11) is -1.11. The fourth-order valence-corrected chi connectivity index (χ4v) is 4.09. The summed E-state index contributed by atoms with van der Waals surface area (Å²) in [5.41, 5.74) is 0.213. The first kappa shape index (κ1) is 21.2. The number of halogens is 3. The van der Waals surface area contributed by atoms with Crippen molar-refractivity contribution in [3.05, 3.63) is 35.4 Å². The van der Waals surface area contributed by atoms with E-state index in [1.54, 1.807) is 6.07 Å². The molecule has 0 N–H and O–H groups in total. The van der Waals surface area contributed by atoms with E-state index in [4.69, 9.17) is 8.85 Å². The average Bonchev–Trinajstić information content (AvgIpc) is 2.54. The van der Waals surface area contributed by atoms with Crippen molar-refractivity contribution in [2.45, 2.75) is 64.6 Å². The van der Waals surface area contributed by atoms with Gasteiger partial charge in [-0.25, -0.2) is 0 Å². The van der Waals surface area contributed by atoms with Crippen LogP contribution in [0.3, 0.4) is 0 Å². The molecule has 0 saturated heterocycles. The van der Waals surface area contributed by atoms with Crippen LogP contribution < -0.4 is 0 Å². The molecular formula is C18H28F3O2Si. The number of unbranched alkanes of at least 4 members (excludes halogenated alkanes) is 4. The van der Waals surface area contributed by atoms with Crippen molar-refractivity contribution in [2.75, 3.05) is 13.2 Å². The molecule has 0 aliphatic rings. The second kappa shape index (κ2) is 11.7. The molecule has 0 aliphatic heterocycles. The van der Waals surface area contributed by atoms with Gasteiger partial charge in [0.05, 0.1) is 5.56 Å². The van der Waals surface area contributed by atoms with Crippen LogP contribution >= 0.6 is 0 Å². The zero-order valence-electron chi connectivity index (χ0n) is 14.6. The monoisotopic (exact) mass is 361 g/mol. The van der Waals surface area contributed by atoms with E-state index in [1.165, 1.54) is 12.1 Å². The van der Waals surface area contributed by atoms with Crippen LogP contribution in [-0.4, -0.2) is 22.5 Å². The lowest BCUT2D eigenvalue weighted by atomic mass is 10.0. The Morgan fingerprint density at radius 2 is 1.54 bits per heavy atom. The predicted octanol–water partition coefficient (Wildman–Crippen LogP) is 5.76. The quantitative estimate of drug-likeness (QED) is 0.348. The molecule has 6 heteroatoms. The Morgan fingerprint density at radius 1 is 0.917 bits per heavy atom. The van der Waals surface area contributed by atoms with Crippen LogP contribution in [0, 0.1) is 0 Å². The highest BCUT2D eigenvalue weighted by atomic mass is 28.3. The highest BCUT2D eigenvalue weighted by molar-refractivity contribution is 6.44. The van der Waals surface area contributed by atoms with Gasteiger partial charge in [0.25, 0.3) is 0 Å². The summed E-state index contributed by atoms with van der Waals surface area (Å²) in [6.07, 6.45) is 1.74. The van der Waals surface area contributed by atoms with E-state index in [9.17, 15) is 13.2 Å². The molecule has 1 rings (SSSR count). The molecule has 0 amide bonds. The molecule has 0 saturated carbocycles. The lowest BCUT2D eigenvalue weighted by molar-refractivity contribution is -0.137. The topological polar surface area (TPSA) is 18.5 Å². The van der Waals surface area contributed by atoms with Crippen LogP contribution in [0.4, 0.5) is 13.2 Å². The first-order valence-electron chi connectivity index (χ1n) is 8.75. The third kappa shape index (κ3) is 8.85. The molecule has 0 heterocycles. The SMILES string of the molecule is CCO[Si](CCCCCCCc1cccc(C(F)(F)F)c1)OCC. The lowest BCUT2D eigenvalue weighted by Gasteiger charge is -2.12. The Morgan fingerprint density at radius 3 is 2.17 bits per heavy atom. The molecule has 0 aliphatic carbocycles. The van der Waals surface area contributed by atoms with Gasteiger partial charge in [0.2, 0.25) is 0 Å². The highest BCUT2D eigenvalue weighted by Gasteiger charge is 2.30. The van der Waals surface area contributed by atoms with Crippen molar-refractivity contribution in [3.63, 3.8) is 0 Å². The summed E-state index contributed by atoms with van der Waals surface area (Å²) >= 11 is 0. The number of benzene rings is 1. The van der Waals surface area contributed by atoms with Crippen LogP contribution in [0.25, 0.3) is 0 Å². The van der Waals surface area contributed by atoms with E-state index in [1.807, 2.05) is 13.8 Å². The predicted molar refractivity (Wildman–Crippen MR) is 92.0 cm³/mol. The summed E-state index contributed by atoms with van der Waals surface area (Å²) in [5.74, 6) is 0. The fourth-order valence-electron chi connectivity index (χ4n) is 2.54. The van der Waals surface area contributed by atoms with Crippen LogP contribution in [0.15, 0.2) is 24.3 Å². The Hall–Kier alpha value is -0.853. The molecule has 0 fully saturated rings. The maximum Gasteiger partial charge on any atom is 0.416 e. The molecular weight excluding hydrogens is 333 g/mol. The Kier molecular flexibility index (Phi) is 10.3. The van der Waals surface area contributed by atoms with Gasteiger partial charge in [-0.15, -0.1) is 0 Å². The molecule has 0 bridgehead atoms. The number of hydrogen-bond donors (Lipinski definition) is 0. The average molecular weight is 362 g/mol. The van der Waals surface area contributed by atoms with Gasteiger partial charge < -0.3 is 8.85 Å². The van der Waals surface area contributed by atoms with Crippen molar-refractivity contribution in [2.24, 2.45) is 0 Å². The van der Waals surface area contributed by atoms with E-state index in [-0.39, 0.29) is 0 Å². The van der Waals surface area contributed by atoms with Gasteiger partial charge in [0.15, 0.2) is 0 Å². The van der Waals surface area contributed by atoms with Crippen molar-refractivity contribution in [1.82, 2.24) is 0 Å². The molecule has 0 unspecified atom stereocenters. The second-order valence-corrected chi connectivity index (χ2v) is 7.53. The summed E-state index contributed by atoms with van der Waals surface area (Å²) in [6, 6.07) is 6.65. The second-order valence-electron chi connectivity index (χ2n) is 5.70. The molecule has 2 nitrogen and oxygen atoms in total.